The molecule has 0 radical (unpaired) electrons. The minimum Gasteiger partial charge on any atom is -0.411 e. The van der Waals surface area contributed by atoms with Crippen molar-refractivity contribution < 1.29 is 5.21 Å². The average molecular weight is 299 g/mol. The minimum absolute atomic E-state index is 0. The standard InChI is InChI=1S/C11H10N2OS.BrH/c1-8(13-14)10-7-15-11(12-10)9-5-3-2-4-6-9;/h2-7,14H,1H3;1H. The Hall–Kier alpha value is -1.20. The Morgan fingerprint density at radius 2 is 2.00 bits per heavy atom. The summed E-state index contributed by atoms with van der Waals surface area (Å²) < 4.78 is 0. The zero-order chi connectivity index (χ0) is 10.7. The zero-order valence-electron chi connectivity index (χ0n) is 8.62. The molecule has 16 heavy (non-hydrogen) atoms. The van der Waals surface area contributed by atoms with Gasteiger partial charge in [-0.05, 0) is 6.92 Å². The lowest BCUT2D eigenvalue weighted by atomic mass is 10.2. The summed E-state index contributed by atoms with van der Waals surface area (Å²) in [6.45, 7) is 1.73. The van der Waals surface area contributed by atoms with Crippen molar-refractivity contribution in [3.8, 4) is 10.6 Å². The number of hydrogen-bond donors (Lipinski definition) is 1. The van der Waals surface area contributed by atoms with Crippen LogP contribution < -0.4 is 0 Å². The van der Waals surface area contributed by atoms with Gasteiger partial charge < -0.3 is 5.21 Å². The lowest BCUT2D eigenvalue weighted by molar-refractivity contribution is 0.319. The first-order chi connectivity index (χ1) is 7.31. The number of hydrogen-bond acceptors (Lipinski definition) is 4. The molecule has 0 saturated heterocycles. The molecule has 0 atom stereocenters. The molecule has 0 amide bonds. The van der Waals surface area contributed by atoms with E-state index in [9.17, 15) is 0 Å². The second-order valence-corrected chi connectivity index (χ2v) is 3.95. The molecular formula is C11H11BrN2OS. The first-order valence-electron chi connectivity index (χ1n) is 4.51. The highest BCUT2D eigenvalue weighted by Crippen LogP contribution is 2.23. The Bertz CT molecular complexity index is 482. The van der Waals surface area contributed by atoms with Gasteiger partial charge >= 0.3 is 0 Å². The van der Waals surface area contributed by atoms with Gasteiger partial charge in [0.05, 0.1) is 5.69 Å². The van der Waals surface area contributed by atoms with Crippen LogP contribution in [-0.2, 0) is 0 Å². The number of rotatable bonds is 2. The molecule has 0 saturated carbocycles. The molecule has 1 aromatic carbocycles. The number of halogens is 1. The Morgan fingerprint density at radius 3 is 2.62 bits per heavy atom. The van der Waals surface area contributed by atoms with Gasteiger partial charge in [0.25, 0.3) is 0 Å². The molecule has 0 spiro atoms. The summed E-state index contributed by atoms with van der Waals surface area (Å²) in [5.41, 5.74) is 2.34. The van der Waals surface area contributed by atoms with Crippen molar-refractivity contribution in [2.75, 3.05) is 0 Å². The van der Waals surface area contributed by atoms with Gasteiger partial charge in [-0.25, -0.2) is 4.98 Å². The Labute approximate surface area is 108 Å². The molecular weight excluding hydrogens is 288 g/mol. The molecule has 2 rings (SSSR count). The van der Waals surface area contributed by atoms with Gasteiger partial charge in [0.1, 0.15) is 10.7 Å². The van der Waals surface area contributed by atoms with Crippen LogP contribution in [0.15, 0.2) is 40.9 Å². The monoisotopic (exact) mass is 298 g/mol. The van der Waals surface area contributed by atoms with E-state index in [1.807, 2.05) is 35.7 Å². The summed E-state index contributed by atoms with van der Waals surface area (Å²) in [5.74, 6) is 0. The summed E-state index contributed by atoms with van der Waals surface area (Å²) >= 11 is 1.54. The summed E-state index contributed by atoms with van der Waals surface area (Å²) in [6.07, 6.45) is 0. The second kappa shape index (κ2) is 5.77. The number of oxime groups is 1. The minimum atomic E-state index is 0. The fourth-order valence-electron chi connectivity index (χ4n) is 1.20. The molecule has 0 aliphatic carbocycles. The van der Waals surface area contributed by atoms with E-state index in [-0.39, 0.29) is 17.0 Å². The summed E-state index contributed by atoms with van der Waals surface area (Å²) in [7, 11) is 0. The molecule has 0 aliphatic heterocycles. The first-order valence-corrected chi connectivity index (χ1v) is 5.39. The lowest BCUT2D eigenvalue weighted by Gasteiger charge is -1.93. The van der Waals surface area contributed by atoms with Gasteiger partial charge in [0.2, 0.25) is 0 Å². The number of benzene rings is 1. The van der Waals surface area contributed by atoms with Crippen molar-refractivity contribution in [3.05, 3.63) is 41.4 Å². The highest BCUT2D eigenvalue weighted by atomic mass is 79.9. The summed E-state index contributed by atoms with van der Waals surface area (Å²) in [5, 5.41) is 14.6. The number of nitrogens with zero attached hydrogens (tertiary/aromatic N) is 2. The molecule has 5 heteroatoms. The van der Waals surface area contributed by atoms with Gasteiger partial charge in [-0.2, -0.15) is 0 Å². The van der Waals surface area contributed by atoms with Crippen molar-refractivity contribution in [1.29, 1.82) is 0 Å². The van der Waals surface area contributed by atoms with Crippen molar-refractivity contribution in [3.63, 3.8) is 0 Å². The molecule has 0 aliphatic rings. The predicted octanol–water partition coefficient (Wildman–Crippen LogP) is 3.59. The third kappa shape index (κ3) is 2.68. The summed E-state index contributed by atoms with van der Waals surface area (Å²) in [6, 6.07) is 9.94. The van der Waals surface area contributed by atoms with E-state index in [1.165, 1.54) is 0 Å². The maximum atomic E-state index is 8.62. The average Bonchev–Trinajstić information content (AvgIpc) is 2.78. The SMILES string of the molecule is Br.CC(=NO)c1csc(-c2ccccc2)n1. The van der Waals surface area contributed by atoms with Crippen LogP contribution in [0.4, 0.5) is 0 Å². The van der Waals surface area contributed by atoms with Crippen molar-refractivity contribution in [1.82, 2.24) is 4.98 Å². The van der Waals surface area contributed by atoms with Crippen LogP contribution in [0.2, 0.25) is 0 Å². The third-order valence-electron chi connectivity index (χ3n) is 2.05. The molecule has 2 aromatic rings. The van der Waals surface area contributed by atoms with Crippen LogP contribution in [-0.4, -0.2) is 15.9 Å². The topological polar surface area (TPSA) is 45.5 Å². The molecule has 84 valence electrons. The van der Waals surface area contributed by atoms with Gasteiger partial charge in [-0.3, -0.25) is 0 Å². The quantitative estimate of drug-likeness (QED) is 0.523. The highest BCUT2D eigenvalue weighted by molar-refractivity contribution is 8.93. The van der Waals surface area contributed by atoms with Crippen molar-refractivity contribution >= 4 is 34.0 Å². The van der Waals surface area contributed by atoms with Crippen LogP contribution in [0.3, 0.4) is 0 Å². The summed E-state index contributed by atoms with van der Waals surface area (Å²) in [4.78, 5) is 4.38. The van der Waals surface area contributed by atoms with E-state index in [1.54, 1.807) is 18.3 Å². The van der Waals surface area contributed by atoms with E-state index in [0.717, 1.165) is 16.3 Å². The van der Waals surface area contributed by atoms with E-state index >= 15 is 0 Å². The Balaban J connectivity index is 0.00000128. The van der Waals surface area contributed by atoms with E-state index in [2.05, 4.69) is 10.1 Å². The van der Waals surface area contributed by atoms with E-state index in [4.69, 9.17) is 5.21 Å². The Morgan fingerprint density at radius 1 is 1.31 bits per heavy atom. The molecule has 1 heterocycles. The molecule has 1 aromatic heterocycles. The maximum absolute atomic E-state index is 8.62. The Kier molecular flexibility index (Phi) is 4.64. The lowest BCUT2D eigenvalue weighted by Crippen LogP contribution is -1.93. The van der Waals surface area contributed by atoms with Gasteiger partial charge in [0.15, 0.2) is 0 Å². The first kappa shape index (κ1) is 12.9. The van der Waals surface area contributed by atoms with Gasteiger partial charge in [-0.1, -0.05) is 35.5 Å². The van der Waals surface area contributed by atoms with Crippen LogP contribution in [0, 0.1) is 0 Å². The molecule has 1 N–H and O–H groups in total. The van der Waals surface area contributed by atoms with Gasteiger partial charge in [0, 0.05) is 10.9 Å². The fourth-order valence-corrected chi connectivity index (χ4v) is 2.07. The third-order valence-corrected chi connectivity index (χ3v) is 2.94. The van der Waals surface area contributed by atoms with Crippen LogP contribution in [0.1, 0.15) is 12.6 Å². The van der Waals surface area contributed by atoms with E-state index in [0.29, 0.717) is 5.71 Å². The molecule has 3 nitrogen and oxygen atoms in total. The molecule has 0 fully saturated rings. The normalized spacial score (nSPS) is 10.9. The highest BCUT2D eigenvalue weighted by Gasteiger charge is 2.06. The van der Waals surface area contributed by atoms with E-state index < -0.39 is 0 Å². The fraction of sp³-hybridized carbons (Fsp3) is 0.0909. The number of thiazole rings is 1. The second-order valence-electron chi connectivity index (χ2n) is 3.09. The van der Waals surface area contributed by atoms with Crippen molar-refractivity contribution in [2.24, 2.45) is 5.16 Å². The molecule has 0 unspecified atom stereocenters. The van der Waals surface area contributed by atoms with Crippen molar-refractivity contribution in [2.45, 2.75) is 6.92 Å². The molecule has 0 bridgehead atoms. The van der Waals surface area contributed by atoms with Gasteiger partial charge in [-0.15, -0.1) is 28.3 Å². The largest absolute Gasteiger partial charge is 0.411 e. The predicted molar refractivity (Wildman–Crippen MR) is 71.9 cm³/mol. The van der Waals surface area contributed by atoms with Crippen LogP contribution in [0.25, 0.3) is 10.6 Å². The maximum Gasteiger partial charge on any atom is 0.124 e. The zero-order valence-corrected chi connectivity index (χ0v) is 11.2. The van der Waals surface area contributed by atoms with Crippen LogP contribution in [0.5, 0.6) is 0 Å². The number of aromatic nitrogens is 1. The smallest absolute Gasteiger partial charge is 0.124 e. The van der Waals surface area contributed by atoms with Crippen LogP contribution >= 0.6 is 28.3 Å².